The molecule has 0 aromatic heterocycles. The van der Waals surface area contributed by atoms with Gasteiger partial charge < -0.3 is 19.9 Å². The number of phenolic OH excluding ortho intramolecular Hbond substituents is 1. The third kappa shape index (κ3) is 3.55. The molecule has 1 atom stereocenters. The monoisotopic (exact) mass is 420 g/mol. The van der Waals surface area contributed by atoms with Crippen molar-refractivity contribution in [1.29, 1.82) is 0 Å². The largest absolute Gasteiger partial charge is 0.508 e. The number of hydrogen-bond donors (Lipinski definition) is 2. The van der Waals surface area contributed by atoms with Gasteiger partial charge in [0.05, 0.1) is 12.8 Å². The number of benzene rings is 3. The van der Waals surface area contributed by atoms with Crippen LogP contribution < -0.4 is 19.7 Å². The van der Waals surface area contributed by atoms with Crippen molar-refractivity contribution in [2.45, 2.75) is 12.5 Å². The Hall–Kier alpha value is -3.58. The van der Waals surface area contributed by atoms with E-state index in [4.69, 9.17) is 21.7 Å². The highest BCUT2D eigenvalue weighted by Gasteiger charge is 2.47. The number of aromatic hydroxyl groups is 1. The minimum Gasteiger partial charge on any atom is -0.508 e. The molecule has 2 N–H and O–H groups in total. The molecule has 1 fully saturated rings. The number of phenols is 1. The smallest absolute Gasteiger partial charge is 0.263 e. The predicted octanol–water partition coefficient (Wildman–Crippen LogP) is 4.33. The number of methoxy groups -OCH3 is 1. The first-order chi connectivity index (χ1) is 14.4. The number of amides is 1. The van der Waals surface area contributed by atoms with Gasteiger partial charge in [-0.3, -0.25) is 9.69 Å². The van der Waals surface area contributed by atoms with Gasteiger partial charge in [0.1, 0.15) is 28.5 Å². The molecule has 0 saturated carbocycles. The number of rotatable bonds is 5. The first-order valence-corrected chi connectivity index (χ1v) is 9.70. The first-order valence-electron chi connectivity index (χ1n) is 9.29. The number of anilines is 1. The second-order valence-corrected chi connectivity index (χ2v) is 7.40. The molecule has 1 heterocycles. The molecule has 1 amide bonds. The normalized spacial score (nSPS) is 18.3. The zero-order chi connectivity index (χ0) is 21.3. The molecule has 1 aliphatic rings. The van der Waals surface area contributed by atoms with Crippen LogP contribution in [0.15, 0.2) is 72.8 Å². The van der Waals surface area contributed by atoms with Gasteiger partial charge in [-0.25, -0.2) is 0 Å². The fraction of sp³-hybridized carbons (Fsp3) is 0.130. The van der Waals surface area contributed by atoms with Crippen LogP contribution in [0.25, 0.3) is 0 Å². The van der Waals surface area contributed by atoms with Crippen LogP contribution in [0, 0.1) is 0 Å². The Kier molecular flexibility index (Phi) is 5.05. The summed E-state index contributed by atoms with van der Waals surface area (Å²) in [6.07, 6.45) is 0. The van der Waals surface area contributed by atoms with Crippen molar-refractivity contribution in [3.63, 3.8) is 0 Å². The fourth-order valence-corrected chi connectivity index (χ4v) is 3.70. The van der Waals surface area contributed by atoms with Gasteiger partial charge in [0.25, 0.3) is 5.91 Å². The van der Waals surface area contributed by atoms with E-state index in [2.05, 4.69) is 5.32 Å². The molecule has 6 nitrogen and oxygen atoms in total. The van der Waals surface area contributed by atoms with E-state index in [0.29, 0.717) is 28.0 Å². The van der Waals surface area contributed by atoms with E-state index in [1.54, 1.807) is 74.7 Å². The second kappa shape index (κ2) is 7.68. The summed E-state index contributed by atoms with van der Waals surface area (Å²) < 4.78 is 11.0. The first kappa shape index (κ1) is 19.7. The van der Waals surface area contributed by atoms with E-state index < -0.39 is 5.54 Å². The third-order valence-corrected chi connectivity index (χ3v) is 5.31. The fourth-order valence-electron chi connectivity index (χ4n) is 3.31. The Morgan fingerprint density at radius 1 is 0.900 bits per heavy atom. The van der Waals surface area contributed by atoms with Crippen molar-refractivity contribution in [2.24, 2.45) is 0 Å². The summed E-state index contributed by atoms with van der Waals surface area (Å²) in [6, 6.07) is 20.9. The number of ether oxygens (including phenoxy) is 2. The van der Waals surface area contributed by atoms with Gasteiger partial charge in [-0.2, -0.15) is 0 Å². The topological polar surface area (TPSA) is 71.0 Å². The van der Waals surface area contributed by atoms with Crippen LogP contribution >= 0.6 is 12.2 Å². The molecule has 1 unspecified atom stereocenters. The van der Waals surface area contributed by atoms with Crippen LogP contribution in [0.1, 0.15) is 12.5 Å². The number of nitrogens with zero attached hydrogens (tertiary/aromatic N) is 1. The van der Waals surface area contributed by atoms with Gasteiger partial charge in [-0.1, -0.05) is 12.1 Å². The Morgan fingerprint density at radius 3 is 2.00 bits per heavy atom. The van der Waals surface area contributed by atoms with Crippen LogP contribution in [-0.4, -0.2) is 23.2 Å². The molecular weight excluding hydrogens is 400 g/mol. The van der Waals surface area contributed by atoms with Crippen LogP contribution in [0.5, 0.6) is 23.0 Å². The van der Waals surface area contributed by atoms with E-state index >= 15 is 0 Å². The van der Waals surface area contributed by atoms with Crippen LogP contribution in [0.3, 0.4) is 0 Å². The van der Waals surface area contributed by atoms with Crippen LogP contribution in [0.2, 0.25) is 0 Å². The second-order valence-electron chi connectivity index (χ2n) is 7.01. The average molecular weight is 420 g/mol. The average Bonchev–Trinajstić information content (AvgIpc) is 2.99. The van der Waals surface area contributed by atoms with E-state index in [1.165, 1.54) is 4.90 Å². The molecule has 0 radical (unpaired) electrons. The molecule has 152 valence electrons. The number of nitrogens with one attached hydrogen (secondary N) is 1. The van der Waals surface area contributed by atoms with Crippen molar-refractivity contribution in [3.05, 3.63) is 78.4 Å². The van der Waals surface area contributed by atoms with E-state index in [0.717, 1.165) is 5.56 Å². The number of carbonyl (C=O) groups is 1. The van der Waals surface area contributed by atoms with Crippen molar-refractivity contribution in [1.82, 2.24) is 5.32 Å². The number of carbonyl (C=O) groups excluding carboxylic acids is 1. The summed E-state index contributed by atoms with van der Waals surface area (Å²) >= 11 is 5.45. The Labute approximate surface area is 179 Å². The van der Waals surface area contributed by atoms with Gasteiger partial charge in [0.15, 0.2) is 5.11 Å². The molecule has 3 aromatic carbocycles. The summed E-state index contributed by atoms with van der Waals surface area (Å²) in [5.74, 6) is 1.94. The van der Waals surface area contributed by atoms with Crippen LogP contribution in [0.4, 0.5) is 5.69 Å². The lowest BCUT2D eigenvalue weighted by molar-refractivity contribution is -0.121. The van der Waals surface area contributed by atoms with E-state index in [-0.39, 0.29) is 11.7 Å². The molecule has 3 aromatic rings. The van der Waals surface area contributed by atoms with Crippen molar-refractivity contribution in [2.75, 3.05) is 12.0 Å². The lowest BCUT2D eigenvalue weighted by Gasteiger charge is -2.23. The van der Waals surface area contributed by atoms with Crippen molar-refractivity contribution >= 4 is 28.9 Å². The SMILES string of the molecule is COc1ccc(N2C(=O)C(C)(c3ccc(Oc4ccc(O)cc4)cc3)NC2=S)cc1. The van der Waals surface area contributed by atoms with Crippen molar-refractivity contribution < 1.29 is 19.4 Å². The molecule has 0 aliphatic carbocycles. The van der Waals surface area contributed by atoms with Crippen LogP contribution in [-0.2, 0) is 10.3 Å². The molecule has 1 aliphatic heterocycles. The van der Waals surface area contributed by atoms with Crippen molar-refractivity contribution in [3.8, 4) is 23.0 Å². The summed E-state index contributed by atoms with van der Waals surface area (Å²) in [6.45, 7) is 1.81. The summed E-state index contributed by atoms with van der Waals surface area (Å²) in [5, 5.41) is 12.9. The highest BCUT2D eigenvalue weighted by Crippen LogP contribution is 2.34. The Balaban J connectivity index is 1.56. The molecule has 1 saturated heterocycles. The summed E-state index contributed by atoms with van der Waals surface area (Å²) in [7, 11) is 1.59. The summed E-state index contributed by atoms with van der Waals surface area (Å²) in [5.41, 5.74) is 0.451. The molecule has 7 heteroatoms. The maximum Gasteiger partial charge on any atom is 0.263 e. The third-order valence-electron chi connectivity index (χ3n) is 5.03. The molecule has 30 heavy (non-hydrogen) atoms. The number of hydrogen-bond acceptors (Lipinski definition) is 5. The number of thiocarbonyl (C=S) groups is 1. The van der Waals surface area contributed by atoms with E-state index in [1.807, 2.05) is 12.1 Å². The lowest BCUT2D eigenvalue weighted by Crippen LogP contribution is -2.40. The highest BCUT2D eigenvalue weighted by atomic mass is 32.1. The highest BCUT2D eigenvalue weighted by molar-refractivity contribution is 7.80. The lowest BCUT2D eigenvalue weighted by atomic mass is 9.92. The maximum atomic E-state index is 13.3. The zero-order valence-corrected chi connectivity index (χ0v) is 17.3. The minimum absolute atomic E-state index is 0.162. The van der Waals surface area contributed by atoms with Gasteiger partial charge >= 0.3 is 0 Å². The minimum atomic E-state index is -0.992. The standard InChI is InChI=1S/C23H20N2O4S/c1-23(15-3-9-19(10-4-15)29-20-13-7-17(26)8-14-20)21(27)25(22(30)24-23)16-5-11-18(28-2)12-6-16/h3-14,26H,1-2H3,(H,24,30). The molecule has 4 rings (SSSR count). The van der Waals surface area contributed by atoms with Gasteiger partial charge in [0, 0.05) is 0 Å². The van der Waals surface area contributed by atoms with Gasteiger partial charge in [-0.05, 0) is 85.4 Å². The van der Waals surface area contributed by atoms with Gasteiger partial charge in [-0.15, -0.1) is 0 Å². The maximum absolute atomic E-state index is 13.3. The predicted molar refractivity (Wildman–Crippen MR) is 118 cm³/mol. The Morgan fingerprint density at radius 2 is 1.43 bits per heavy atom. The molecular formula is C23H20N2O4S. The Bertz CT molecular complexity index is 1080. The summed E-state index contributed by atoms with van der Waals surface area (Å²) in [4.78, 5) is 14.8. The van der Waals surface area contributed by atoms with Gasteiger partial charge in [0.2, 0.25) is 0 Å². The van der Waals surface area contributed by atoms with E-state index in [9.17, 15) is 9.90 Å². The quantitative estimate of drug-likeness (QED) is 0.599. The zero-order valence-electron chi connectivity index (χ0n) is 16.5. The molecule has 0 bridgehead atoms. The molecule has 0 spiro atoms.